The number of fused-ring (bicyclic) bond motifs is 1. The molecule has 0 saturated heterocycles. The zero-order chi connectivity index (χ0) is 12.1. The van der Waals surface area contributed by atoms with E-state index in [1.54, 1.807) is 10.4 Å². The average molecular weight is 253 g/mol. The zero-order valence-corrected chi connectivity index (χ0v) is 11.7. The lowest BCUT2D eigenvalue weighted by molar-refractivity contribution is 0.124. The molecule has 0 radical (unpaired) electrons. The first-order valence-electron chi connectivity index (χ1n) is 6.77. The van der Waals surface area contributed by atoms with Gasteiger partial charge in [0.25, 0.3) is 0 Å². The molecule has 0 spiro atoms. The first-order chi connectivity index (χ1) is 8.35. The summed E-state index contributed by atoms with van der Waals surface area (Å²) in [5.74, 6) is 0. The van der Waals surface area contributed by atoms with Gasteiger partial charge in [-0.05, 0) is 50.8 Å². The van der Waals surface area contributed by atoms with Crippen LogP contribution in [0.2, 0.25) is 0 Å². The Kier molecular flexibility index (Phi) is 5.01. The van der Waals surface area contributed by atoms with E-state index in [0.29, 0.717) is 6.04 Å². The van der Waals surface area contributed by atoms with Crippen molar-refractivity contribution in [1.82, 2.24) is 5.32 Å². The highest BCUT2D eigenvalue weighted by Gasteiger charge is 2.18. The van der Waals surface area contributed by atoms with Crippen molar-refractivity contribution in [2.45, 2.75) is 45.6 Å². The maximum Gasteiger partial charge on any atom is 0.0669 e. The fourth-order valence-corrected chi connectivity index (χ4v) is 3.73. The van der Waals surface area contributed by atoms with Gasteiger partial charge in [0.05, 0.1) is 12.6 Å². The smallest absolute Gasteiger partial charge is 0.0669 e. The Hall–Kier alpha value is -0.380. The van der Waals surface area contributed by atoms with Crippen LogP contribution in [0.3, 0.4) is 0 Å². The maximum atomic E-state index is 5.58. The Labute approximate surface area is 108 Å². The fraction of sp³-hybridized carbons (Fsp3) is 0.714. The summed E-state index contributed by atoms with van der Waals surface area (Å²) >= 11 is 1.99. The van der Waals surface area contributed by atoms with Crippen LogP contribution in [0.25, 0.3) is 0 Å². The van der Waals surface area contributed by atoms with Crippen molar-refractivity contribution in [1.29, 1.82) is 0 Å². The van der Waals surface area contributed by atoms with E-state index in [1.165, 1.54) is 30.6 Å². The quantitative estimate of drug-likeness (QED) is 0.840. The molecule has 2 nitrogen and oxygen atoms in total. The SMILES string of the molecule is CCNC(COCC)c1cc2c(s1)CCCC2. The van der Waals surface area contributed by atoms with Crippen LogP contribution in [0.4, 0.5) is 0 Å². The van der Waals surface area contributed by atoms with E-state index in [-0.39, 0.29) is 0 Å². The molecule has 1 N–H and O–H groups in total. The average Bonchev–Trinajstić information content (AvgIpc) is 2.78. The van der Waals surface area contributed by atoms with Gasteiger partial charge in [-0.3, -0.25) is 0 Å². The lowest BCUT2D eigenvalue weighted by Crippen LogP contribution is -2.24. The third-order valence-electron chi connectivity index (χ3n) is 3.30. The molecule has 1 unspecified atom stereocenters. The normalized spacial score (nSPS) is 16.8. The summed E-state index contributed by atoms with van der Waals surface area (Å²) in [4.78, 5) is 3.08. The highest BCUT2D eigenvalue weighted by atomic mass is 32.1. The van der Waals surface area contributed by atoms with Gasteiger partial charge < -0.3 is 10.1 Å². The Morgan fingerprint density at radius 1 is 1.35 bits per heavy atom. The monoisotopic (exact) mass is 253 g/mol. The topological polar surface area (TPSA) is 21.3 Å². The number of rotatable bonds is 6. The van der Waals surface area contributed by atoms with Gasteiger partial charge in [-0.15, -0.1) is 11.3 Å². The lowest BCUT2D eigenvalue weighted by atomic mass is 9.99. The number of aryl methyl sites for hydroxylation is 2. The van der Waals surface area contributed by atoms with Crippen LogP contribution in [0.5, 0.6) is 0 Å². The molecule has 0 amide bonds. The minimum absolute atomic E-state index is 0.385. The van der Waals surface area contributed by atoms with Crippen LogP contribution in [0, 0.1) is 0 Å². The van der Waals surface area contributed by atoms with Crippen LogP contribution in [-0.2, 0) is 17.6 Å². The molecule has 96 valence electrons. The number of likely N-dealkylation sites (N-methyl/N-ethyl adjacent to an activating group) is 1. The third kappa shape index (κ3) is 3.30. The van der Waals surface area contributed by atoms with E-state index >= 15 is 0 Å². The maximum absolute atomic E-state index is 5.58. The minimum atomic E-state index is 0.385. The van der Waals surface area contributed by atoms with Crippen LogP contribution in [0.15, 0.2) is 6.07 Å². The molecule has 1 aliphatic rings. The van der Waals surface area contributed by atoms with Crippen LogP contribution in [-0.4, -0.2) is 19.8 Å². The third-order valence-corrected chi connectivity index (χ3v) is 4.65. The van der Waals surface area contributed by atoms with Crippen LogP contribution >= 0.6 is 11.3 Å². The van der Waals surface area contributed by atoms with E-state index in [9.17, 15) is 0 Å². The standard InChI is InChI=1S/C14H23NOS/c1-3-15-12(10-16-4-2)14-9-11-7-5-6-8-13(11)17-14/h9,12,15H,3-8,10H2,1-2H3. The van der Waals surface area contributed by atoms with Crippen molar-refractivity contribution in [2.24, 2.45) is 0 Å². The summed E-state index contributed by atoms with van der Waals surface area (Å²) in [6.45, 7) is 6.81. The van der Waals surface area contributed by atoms with Crippen molar-refractivity contribution in [3.63, 3.8) is 0 Å². The van der Waals surface area contributed by atoms with Gasteiger partial charge in [-0.1, -0.05) is 6.92 Å². The molecule has 1 heterocycles. The summed E-state index contributed by atoms with van der Waals surface area (Å²) in [5.41, 5.74) is 1.59. The van der Waals surface area contributed by atoms with Crippen molar-refractivity contribution in [2.75, 3.05) is 19.8 Å². The Morgan fingerprint density at radius 2 is 2.18 bits per heavy atom. The van der Waals surface area contributed by atoms with E-state index in [0.717, 1.165) is 19.8 Å². The van der Waals surface area contributed by atoms with Gasteiger partial charge >= 0.3 is 0 Å². The van der Waals surface area contributed by atoms with Gasteiger partial charge in [0.2, 0.25) is 0 Å². The summed E-state index contributed by atoms with van der Waals surface area (Å²) in [6.07, 6.45) is 5.29. The molecule has 0 fully saturated rings. The molecule has 0 bridgehead atoms. The first kappa shape index (κ1) is 13.1. The molecule has 1 aromatic heterocycles. The van der Waals surface area contributed by atoms with Crippen LogP contribution < -0.4 is 5.32 Å². The molecule has 1 aliphatic carbocycles. The molecule has 3 heteroatoms. The fourth-order valence-electron chi connectivity index (χ4n) is 2.41. The van der Waals surface area contributed by atoms with Gasteiger partial charge in [0.1, 0.15) is 0 Å². The second-order valence-corrected chi connectivity index (χ2v) is 5.74. The number of nitrogens with one attached hydrogen (secondary N) is 1. The van der Waals surface area contributed by atoms with Gasteiger partial charge in [0, 0.05) is 16.4 Å². The molecule has 0 aromatic carbocycles. The second-order valence-electron chi connectivity index (χ2n) is 4.57. The molecule has 2 rings (SSSR count). The summed E-state index contributed by atoms with van der Waals surface area (Å²) in [6, 6.07) is 2.79. The number of hydrogen-bond donors (Lipinski definition) is 1. The summed E-state index contributed by atoms with van der Waals surface area (Å²) in [5, 5.41) is 3.53. The Balaban J connectivity index is 2.08. The molecule has 1 aromatic rings. The van der Waals surface area contributed by atoms with E-state index in [4.69, 9.17) is 4.74 Å². The molecular weight excluding hydrogens is 230 g/mol. The summed E-state index contributed by atoms with van der Waals surface area (Å²) in [7, 11) is 0. The predicted octanol–water partition coefficient (Wildman–Crippen LogP) is 3.31. The minimum Gasteiger partial charge on any atom is -0.380 e. The molecule has 17 heavy (non-hydrogen) atoms. The highest BCUT2D eigenvalue weighted by molar-refractivity contribution is 7.12. The Morgan fingerprint density at radius 3 is 2.88 bits per heavy atom. The summed E-state index contributed by atoms with van der Waals surface area (Å²) < 4.78 is 5.58. The zero-order valence-electron chi connectivity index (χ0n) is 10.9. The second kappa shape index (κ2) is 6.53. The number of hydrogen-bond acceptors (Lipinski definition) is 3. The van der Waals surface area contributed by atoms with Gasteiger partial charge in [-0.2, -0.15) is 0 Å². The van der Waals surface area contributed by atoms with Crippen molar-refractivity contribution in [3.05, 3.63) is 21.4 Å². The van der Waals surface area contributed by atoms with E-state index in [2.05, 4.69) is 25.2 Å². The van der Waals surface area contributed by atoms with Crippen molar-refractivity contribution < 1.29 is 4.74 Å². The first-order valence-corrected chi connectivity index (χ1v) is 7.59. The van der Waals surface area contributed by atoms with Crippen LogP contribution in [0.1, 0.15) is 48.0 Å². The van der Waals surface area contributed by atoms with Crippen molar-refractivity contribution >= 4 is 11.3 Å². The number of thiophene rings is 1. The Bertz CT molecular complexity index is 324. The molecular formula is C14H23NOS. The number of ether oxygens (including phenoxy) is 1. The molecule has 1 atom stereocenters. The highest BCUT2D eigenvalue weighted by Crippen LogP contribution is 2.32. The van der Waals surface area contributed by atoms with Crippen molar-refractivity contribution in [3.8, 4) is 0 Å². The van der Waals surface area contributed by atoms with Gasteiger partial charge in [0.15, 0.2) is 0 Å². The largest absolute Gasteiger partial charge is 0.380 e. The molecule has 0 aliphatic heterocycles. The lowest BCUT2D eigenvalue weighted by Gasteiger charge is -2.15. The van der Waals surface area contributed by atoms with Gasteiger partial charge in [-0.25, -0.2) is 0 Å². The molecule has 0 saturated carbocycles. The van der Waals surface area contributed by atoms with E-state index < -0.39 is 0 Å². The van der Waals surface area contributed by atoms with E-state index in [1.807, 2.05) is 11.3 Å². The predicted molar refractivity (Wildman–Crippen MR) is 73.9 cm³/mol.